The minimum atomic E-state index is -0.488. The van der Waals surface area contributed by atoms with Crippen LogP contribution in [-0.4, -0.2) is 17.4 Å². The minimum Gasteiger partial charge on any atom is -0.348 e. The number of amides is 1. The standard InChI is InChI=1S/C12H11BrN2O3/c1-9(13)8-14-12(16)7-6-10-4-2-3-5-11(10)15(17)18/h2-7H,1,8H2,(H,14,16)/b7-6+. The predicted octanol–water partition coefficient (Wildman–Crippen LogP) is 2.63. The van der Waals surface area contributed by atoms with E-state index in [4.69, 9.17) is 0 Å². The van der Waals surface area contributed by atoms with Crippen LogP contribution in [0, 0.1) is 10.1 Å². The number of carbonyl (C=O) groups excluding carboxylic acids is 1. The fourth-order valence-electron chi connectivity index (χ4n) is 1.20. The molecule has 18 heavy (non-hydrogen) atoms. The van der Waals surface area contributed by atoms with Crippen LogP contribution in [0.4, 0.5) is 5.69 Å². The number of nitro groups is 1. The van der Waals surface area contributed by atoms with Crippen molar-refractivity contribution in [2.75, 3.05) is 6.54 Å². The Bertz CT molecular complexity index is 512. The molecule has 0 aliphatic heterocycles. The number of hydrogen-bond acceptors (Lipinski definition) is 3. The van der Waals surface area contributed by atoms with Crippen molar-refractivity contribution in [3.05, 3.63) is 57.1 Å². The summed E-state index contributed by atoms with van der Waals surface area (Å²) in [5.41, 5.74) is 0.349. The topological polar surface area (TPSA) is 72.2 Å². The molecule has 0 heterocycles. The van der Waals surface area contributed by atoms with E-state index in [9.17, 15) is 14.9 Å². The van der Waals surface area contributed by atoms with Gasteiger partial charge in [-0.1, -0.05) is 34.6 Å². The lowest BCUT2D eigenvalue weighted by atomic mass is 10.1. The van der Waals surface area contributed by atoms with Crippen LogP contribution >= 0.6 is 15.9 Å². The number of halogens is 1. The molecular weight excluding hydrogens is 300 g/mol. The number of para-hydroxylation sites is 1. The number of nitrogens with zero attached hydrogens (tertiary/aromatic N) is 1. The first-order chi connectivity index (χ1) is 8.50. The zero-order chi connectivity index (χ0) is 13.5. The van der Waals surface area contributed by atoms with Crippen LogP contribution in [0.2, 0.25) is 0 Å². The van der Waals surface area contributed by atoms with Gasteiger partial charge in [-0.05, 0) is 12.1 Å². The molecule has 1 N–H and O–H groups in total. The van der Waals surface area contributed by atoms with Crippen molar-refractivity contribution in [3.63, 3.8) is 0 Å². The summed E-state index contributed by atoms with van der Waals surface area (Å²) < 4.78 is 0.648. The Balaban J connectivity index is 2.75. The largest absolute Gasteiger partial charge is 0.348 e. The van der Waals surface area contributed by atoms with Crippen LogP contribution in [-0.2, 0) is 4.79 Å². The predicted molar refractivity (Wildman–Crippen MR) is 73.2 cm³/mol. The Hall–Kier alpha value is -1.95. The molecule has 1 rings (SSSR count). The quantitative estimate of drug-likeness (QED) is 0.516. The summed E-state index contributed by atoms with van der Waals surface area (Å²) in [6.45, 7) is 3.88. The van der Waals surface area contributed by atoms with E-state index >= 15 is 0 Å². The lowest BCUT2D eigenvalue weighted by molar-refractivity contribution is -0.385. The normalized spacial score (nSPS) is 10.3. The average molecular weight is 311 g/mol. The van der Waals surface area contributed by atoms with E-state index < -0.39 is 4.92 Å². The molecule has 5 nitrogen and oxygen atoms in total. The third-order valence-corrected chi connectivity index (χ3v) is 2.28. The Morgan fingerprint density at radius 3 is 2.78 bits per heavy atom. The second-order valence-corrected chi connectivity index (χ2v) is 4.51. The lowest BCUT2D eigenvalue weighted by Crippen LogP contribution is -2.21. The third kappa shape index (κ3) is 4.50. The molecule has 0 aromatic heterocycles. The molecule has 94 valence electrons. The van der Waals surface area contributed by atoms with Gasteiger partial charge in [-0.3, -0.25) is 14.9 Å². The highest BCUT2D eigenvalue weighted by molar-refractivity contribution is 9.11. The number of hydrogen-bond donors (Lipinski definition) is 1. The monoisotopic (exact) mass is 310 g/mol. The molecule has 1 amide bonds. The molecule has 0 saturated heterocycles. The maximum absolute atomic E-state index is 11.4. The first-order valence-corrected chi connectivity index (χ1v) is 5.82. The van der Waals surface area contributed by atoms with Gasteiger partial charge in [0.2, 0.25) is 5.91 Å². The first kappa shape index (κ1) is 14.1. The van der Waals surface area contributed by atoms with Gasteiger partial charge in [0.1, 0.15) is 0 Å². The van der Waals surface area contributed by atoms with Gasteiger partial charge in [0.25, 0.3) is 5.69 Å². The van der Waals surface area contributed by atoms with Crippen molar-refractivity contribution >= 4 is 33.6 Å². The smallest absolute Gasteiger partial charge is 0.276 e. The van der Waals surface area contributed by atoms with Crippen LogP contribution in [0.15, 0.2) is 41.4 Å². The molecule has 0 radical (unpaired) electrons. The summed E-state index contributed by atoms with van der Waals surface area (Å²) in [6, 6.07) is 6.21. The SMILES string of the molecule is C=C(Br)CNC(=O)/C=C/c1ccccc1[N+](=O)[O-]. The summed E-state index contributed by atoms with van der Waals surface area (Å²) in [5, 5.41) is 13.3. The van der Waals surface area contributed by atoms with Crippen LogP contribution in [0.25, 0.3) is 6.08 Å². The summed E-state index contributed by atoms with van der Waals surface area (Å²) in [7, 11) is 0. The van der Waals surface area contributed by atoms with Crippen molar-refractivity contribution in [2.24, 2.45) is 0 Å². The number of rotatable bonds is 5. The van der Waals surface area contributed by atoms with E-state index in [1.165, 1.54) is 18.2 Å². The van der Waals surface area contributed by atoms with E-state index in [0.717, 1.165) is 0 Å². The molecule has 0 spiro atoms. The summed E-state index contributed by atoms with van der Waals surface area (Å²) in [4.78, 5) is 21.6. The fraction of sp³-hybridized carbons (Fsp3) is 0.0833. The minimum absolute atomic E-state index is 0.0357. The van der Waals surface area contributed by atoms with Crippen LogP contribution in [0.1, 0.15) is 5.56 Å². The first-order valence-electron chi connectivity index (χ1n) is 5.03. The lowest BCUT2D eigenvalue weighted by Gasteiger charge is -1.99. The van der Waals surface area contributed by atoms with Crippen LogP contribution < -0.4 is 5.32 Å². The summed E-state index contributed by atoms with van der Waals surface area (Å²) >= 11 is 3.11. The van der Waals surface area contributed by atoms with E-state index in [-0.39, 0.29) is 11.6 Å². The van der Waals surface area contributed by atoms with Crippen molar-refractivity contribution in [2.45, 2.75) is 0 Å². The van der Waals surface area contributed by atoms with Crippen LogP contribution in [0.5, 0.6) is 0 Å². The molecule has 0 aliphatic carbocycles. The van der Waals surface area contributed by atoms with Gasteiger partial charge in [0.15, 0.2) is 0 Å². The summed E-state index contributed by atoms with van der Waals surface area (Å²) in [5.74, 6) is -0.339. The number of carbonyl (C=O) groups is 1. The molecule has 0 bridgehead atoms. The summed E-state index contributed by atoms with van der Waals surface area (Å²) in [6.07, 6.45) is 2.66. The van der Waals surface area contributed by atoms with E-state index in [1.54, 1.807) is 18.2 Å². The zero-order valence-electron chi connectivity index (χ0n) is 9.43. The Labute approximate surface area is 112 Å². The fourth-order valence-corrected chi connectivity index (χ4v) is 1.34. The molecule has 0 unspecified atom stereocenters. The van der Waals surface area contributed by atoms with Gasteiger partial charge in [0.05, 0.1) is 10.5 Å². The van der Waals surface area contributed by atoms with Gasteiger partial charge in [-0.25, -0.2) is 0 Å². The Morgan fingerprint density at radius 2 is 2.17 bits per heavy atom. The highest BCUT2D eigenvalue weighted by Gasteiger charge is 2.09. The number of nitrogens with one attached hydrogen (secondary N) is 1. The molecule has 6 heteroatoms. The number of nitro benzene ring substituents is 1. The molecule has 0 saturated carbocycles. The molecule has 0 aliphatic rings. The van der Waals surface area contributed by atoms with Crippen LogP contribution in [0.3, 0.4) is 0 Å². The van der Waals surface area contributed by atoms with Gasteiger partial charge >= 0.3 is 0 Å². The molecule has 1 aromatic rings. The molecule has 0 fully saturated rings. The van der Waals surface area contributed by atoms with Gasteiger partial charge < -0.3 is 5.32 Å². The second kappa shape index (κ2) is 6.70. The van der Waals surface area contributed by atoms with Gasteiger partial charge in [-0.2, -0.15) is 0 Å². The van der Waals surface area contributed by atoms with E-state index in [2.05, 4.69) is 27.8 Å². The number of benzene rings is 1. The maximum atomic E-state index is 11.4. The third-order valence-electron chi connectivity index (χ3n) is 2.00. The van der Waals surface area contributed by atoms with Gasteiger partial charge in [-0.15, -0.1) is 0 Å². The highest BCUT2D eigenvalue weighted by atomic mass is 79.9. The van der Waals surface area contributed by atoms with E-state index in [0.29, 0.717) is 16.6 Å². The molecular formula is C12H11BrN2O3. The molecule has 0 atom stereocenters. The highest BCUT2D eigenvalue weighted by Crippen LogP contribution is 2.18. The van der Waals surface area contributed by atoms with E-state index in [1.807, 2.05) is 0 Å². The molecule has 1 aromatic carbocycles. The van der Waals surface area contributed by atoms with Crippen molar-refractivity contribution in [3.8, 4) is 0 Å². The van der Waals surface area contributed by atoms with Crippen molar-refractivity contribution in [1.82, 2.24) is 5.32 Å². The Kier molecular flexibility index (Phi) is 5.26. The van der Waals surface area contributed by atoms with Gasteiger partial charge in [0, 0.05) is 23.2 Å². The van der Waals surface area contributed by atoms with Crippen molar-refractivity contribution < 1.29 is 9.72 Å². The average Bonchev–Trinajstić information content (AvgIpc) is 2.34. The van der Waals surface area contributed by atoms with Crippen molar-refractivity contribution in [1.29, 1.82) is 0 Å². The zero-order valence-corrected chi connectivity index (χ0v) is 11.0. The second-order valence-electron chi connectivity index (χ2n) is 3.38. The Morgan fingerprint density at radius 1 is 1.50 bits per heavy atom. The maximum Gasteiger partial charge on any atom is 0.276 e.